The van der Waals surface area contributed by atoms with Crippen LogP contribution in [0.1, 0.15) is 29.2 Å². The molecule has 4 rings (SSSR count). The topological polar surface area (TPSA) is 32.7 Å². The van der Waals surface area contributed by atoms with E-state index in [1.807, 2.05) is 91.0 Å². The molecule has 0 fully saturated rings. The van der Waals surface area contributed by atoms with E-state index in [0.29, 0.717) is 6.42 Å². The van der Waals surface area contributed by atoms with Crippen LogP contribution in [0.25, 0.3) is 6.08 Å². The lowest BCUT2D eigenvalue weighted by Crippen LogP contribution is -2.25. The van der Waals surface area contributed by atoms with Crippen LogP contribution in [0.3, 0.4) is 0 Å². The number of benzene rings is 3. The highest BCUT2D eigenvalue weighted by atomic mass is 79.9. The Balaban J connectivity index is 1.65. The summed E-state index contributed by atoms with van der Waals surface area (Å²) in [6.45, 7) is 0. The standard InChI is InChI=1S/C24H19BrN2O/c25-21-13-7-12-20(16-21)22-17-23(19-10-5-2-6-11-19)27(26-22)24(28)15-14-18-8-3-1-4-9-18/h1-16,23H,17H2. The molecular formula is C24H19BrN2O. The van der Waals surface area contributed by atoms with Crippen LogP contribution in [-0.2, 0) is 4.79 Å². The summed E-state index contributed by atoms with van der Waals surface area (Å²) >= 11 is 3.52. The normalized spacial score (nSPS) is 16.4. The summed E-state index contributed by atoms with van der Waals surface area (Å²) in [5, 5.41) is 6.30. The van der Waals surface area contributed by atoms with Gasteiger partial charge in [-0.15, -0.1) is 0 Å². The second-order valence-electron chi connectivity index (χ2n) is 6.61. The fourth-order valence-corrected chi connectivity index (χ4v) is 3.70. The molecule has 4 heteroatoms. The van der Waals surface area contributed by atoms with Gasteiger partial charge in [0.1, 0.15) is 0 Å². The van der Waals surface area contributed by atoms with Gasteiger partial charge in [-0.3, -0.25) is 4.79 Å². The van der Waals surface area contributed by atoms with Crippen LogP contribution in [0.2, 0.25) is 0 Å². The number of amides is 1. The molecule has 1 unspecified atom stereocenters. The van der Waals surface area contributed by atoms with E-state index in [9.17, 15) is 4.79 Å². The Morgan fingerprint density at radius 3 is 2.39 bits per heavy atom. The number of carbonyl (C=O) groups excluding carboxylic acids is 1. The van der Waals surface area contributed by atoms with E-state index in [-0.39, 0.29) is 11.9 Å². The number of halogens is 1. The largest absolute Gasteiger partial charge is 0.268 e. The summed E-state index contributed by atoms with van der Waals surface area (Å²) in [6.07, 6.45) is 4.11. The monoisotopic (exact) mass is 430 g/mol. The lowest BCUT2D eigenvalue weighted by atomic mass is 9.98. The molecule has 3 aromatic rings. The molecule has 0 spiro atoms. The first-order chi connectivity index (χ1) is 13.7. The highest BCUT2D eigenvalue weighted by Gasteiger charge is 2.32. The highest BCUT2D eigenvalue weighted by molar-refractivity contribution is 9.10. The lowest BCUT2D eigenvalue weighted by Gasteiger charge is -2.20. The molecular weight excluding hydrogens is 412 g/mol. The zero-order chi connectivity index (χ0) is 19.3. The average Bonchev–Trinajstić information content (AvgIpc) is 3.19. The van der Waals surface area contributed by atoms with E-state index < -0.39 is 0 Å². The van der Waals surface area contributed by atoms with Crippen molar-refractivity contribution in [2.75, 3.05) is 0 Å². The third kappa shape index (κ3) is 4.12. The van der Waals surface area contributed by atoms with Crippen LogP contribution in [-0.4, -0.2) is 16.6 Å². The Morgan fingerprint density at radius 2 is 1.68 bits per heavy atom. The maximum atomic E-state index is 13.0. The molecule has 28 heavy (non-hydrogen) atoms. The highest BCUT2D eigenvalue weighted by Crippen LogP contribution is 2.33. The van der Waals surface area contributed by atoms with Gasteiger partial charge in [-0.05, 0) is 34.9 Å². The third-order valence-corrected chi connectivity index (χ3v) is 5.19. The van der Waals surface area contributed by atoms with Gasteiger partial charge in [0, 0.05) is 17.0 Å². The molecule has 1 aliphatic rings. The van der Waals surface area contributed by atoms with Crippen molar-refractivity contribution in [2.45, 2.75) is 12.5 Å². The van der Waals surface area contributed by atoms with Gasteiger partial charge in [-0.25, -0.2) is 5.01 Å². The molecule has 1 aliphatic heterocycles. The first kappa shape index (κ1) is 18.4. The smallest absolute Gasteiger partial charge is 0.267 e. The SMILES string of the molecule is O=C(C=Cc1ccccc1)N1N=C(c2cccc(Br)c2)CC1c1ccccc1. The van der Waals surface area contributed by atoms with Gasteiger partial charge in [0.25, 0.3) is 5.91 Å². The first-order valence-electron chi connectivity index (χ1n) is 9.15. The first-order valence-corrected chi connectivity index (χ1v) is 9.95. The van der Waals surface area contributed by atoms with Crippen LogP contribution in [0.5, 0.6) is 0 Å². The summed E-state index contributed by atoms with van der Waals surface area (Å²) in [6, 6.07) is 27.8. The molecule has 0 saturated heterocycles. The summed E-state index contributed by atoms with van der Waals surface area (Å²) in [5.74, 6) is -0.122. The maximum absolute atomic E-state index is 13.0. The van der Waals surface area contributed by atoms with E-state index in [1.54, 1.807) is 11.1 Å². The zero-order valence-corrected chi connectivity index (χ0v) is 16.8. The van der Waals surface area contributed by atoms with Gasteiger partial charge in [0.05, 0.1) is 11.8 Å². The van der Waals surface area contributed by atoms with E-state index in [0.717, 1.165) is 26.9 Å². The predicted octanol–water partition coefficient (Wildman–Crippen LogP) is 5.84. The van der Waals surface area contributed by atoms with Crippen molar-refractivity contribution in [3.63, 3.8) is 0 Å². The average molecular weight is 431 g/mol. The predicted molar refractivity (Wildman–Crippen MR) is 117 cm³/mol. The van der Waals surface area contributed by atoms with Crippen LogP contribution in [0.4, 0.5) is 0 Å². The Labute approximate surface area is 173 Å². The molecule has 3 nitrogen and oxygen atoms in total. The van der Waals surface area contributed by atoms with Crippen molar-refractivity contribution in [1.82, 2.24) is 5.01 Å². The Hall–Kier alpha value is -2.98. The van der Waals surface area contributed by atoms with Crippen molar-refractivity contribution in [3.05, 3.63) is 112 Å². The number of hydrazone groups is 1. The van der Waals surface area contributed by atoms with Crippen molar-refractivity contribution in [2.24, 2.45) is 5.10 Å². The van der Waals surface area contributed by atoms with Gasteiger partial charge in [0.2, 0.25) is 0 Å². The quantitative estimate of drug-likeness (QED) is 0.478. The Kier molecular flexibility index (Phi) is 5.49. The van der Waals surface area contributed by atoms with E-state index in [1.165, 1.54) is 0 Å². The van der Waals surface area contributed by atoms with Crippen LogP contribution < -0.4 is 0 Å². The molecule has 0 aromatic heterocycles. The molecule has 0 N–H and O–H groups in total. The molecule has 138 valence electrons. The van der Waals surface area contributed by atoms with Gasteiger partial charge in [-0.2, -0.15) is 5.10 Å². The van der Waals surface area contributed by atoms with E-state index in [2.05, 4.69) is 15.9 Å². The van der Waals surface area contributed by atoms with E-state index >= 15 is 0 Å². The zero-order valence-electron chi connectivity index (χ0n) is 15.2. The summed E-state index contributed by atoms with van der Waals surface area (Å²) in [7, 11) is 0. The Morgan fingerprint density at radius 1 is 0.964 bits per heavy atom. The lowest BCUT2D eigenvalue weighted by molar-refractivity contribution is -0.127. The second kappa shape index (κ2) is 8.36. The van der Waals surface area contributed by atoms with Crippen molar-refractivity contribution in [1.29, 1.82) is 0 Å². The molecule has 1 atom stereocenters. The van der Waals surface area contributed by atoms with Gasteiger partial charge in [-0.1, -0.05) is 88.7 Å². The number of nitrogens with zero attached hydrogens (tertiary/aromatic N) is 2. The molecule has 0 aliphatic carbocycles. The minimum Gasteiger partial charge on any atom is -0.268 e. The molecule has 0 saturated carbocycles. The number of carbonyl (C=O) groups is 1. The number of rotatable bonds is 4. The second-order valence-corrected chi connectivity index (χ2v) is 7.53. The summed E-state index contributed by atoms with van der Waals surface area (Å²) in [4.78, 5) is 13.0. The summed E-state index contributed by atoms with van der Waals surface area (Å²) < 4.78 is 0.998. The maximum Gasteiger partial charge on any atom is 0.267 e. The molecule has 3 aromatic carbocycles. The molecule has 0 bridgehead atoms. The Bertz CT molecular complexity index is 1030. The third-order valence-electron chi connectivity index (χ3n) is 4.70. The van der Waals surface area contributed by atoms with Gasteiger partial charge in [0.15, 0.2) is 0 Å². The molecule has 1 amide bonds. The van der Waals surface area contributed by atoms with Crippen molar-refractivity contribution >= 4 is 33.6 Å². The fraction of sp³-hybridized carbons (Fsp3) is 0.0833. The van der Waals surface area contributed by atoms with Crippen molar-refractivity contribution in [3.8, 4) is 0 Å². The van der Waals surface area contributed by atoms with Crippen LogP contribution in [0.15, 0.2) is 101 Å². The summed E-state index contributed by atoms with van der Waals surface area (Å²) in [5.41, 5.74) is 4.01. The van der Waals surface area contributed by atoms with E-state index in [4.69, 9.17) is 5.10 Å². The minimum atomic E-state index is -0.122. The van der Waals surface area contributed by atoms with Gasteiger partial charge < -0.3 is 0 Å². The van der Waals surface area contributed by atoms with Gasteiger partial charge >= 0.3 is 0 Å². The fourth-order valence-electron chi connectivity index (χ4n) is 3.30. The van der Waals surface area contributed by atoms with Crippen molar-refractivity contribution < 1.29 is 4.79 Å². The minimum absolute atomic E-state index is 0.108. The van der Waals surface area contributed by atoms with Crippen LogP contribution >= 0.6 is 15.9 Å². The molecule has 1 heterocycles. The van der Waals surface area contributed by atoms with Crippen LogP contribution in [0, 0.1) is 0 Å². The number of hydrogen-bond donors (Lipinski definition) is 0. The number of hydrogen-bond acceptors (Lipinski definition) is 2. The molecule has 0 radical (unpaired) electrons.